The highest BCUT2D eigenvalue weighted by molar-refractivity contribution is 5.90. The monoisotopic (exact) mass is 429 g/mol. The second-order valence-electron chi connectivity index (χ2n) is 7.08. The number of nitrogens with zero attached hydrogens (tertiary/aromatic N) is 1. The molecule has 0 aliphatic rings. The van der Waals surface area contributed by atoms with Crippen molar-refractivity contribution in [1.29, 1.82) is 0 Å². The number of ether oxygens (including phenoxy) is 4. The highest BCUT2D eigenvalue weighted by Gasteiger charge is 2.11. The number of benzene rings is 3. The summed E-state index contributed by atoms with van der Waals surface area (Å²) >= 11 is 0. The minimum absolute atomic E-state index is 0.319. The van der Waals surface area contributed by atoms with E-state index < -0.39 is 5.97 Å². The Morgan fingerprint density at radius 3 is 2.53 bits per heavy atom. The highest BCUT2D eigenvalue weighted by Crippen LogP contribution is 2.29. The number of para-hydroxylation sites is 1. The van der Waals surface area contributed by atoms with Crippen LogP contribution < -0.4 is 14.2 Å². The Hall–Kier alpha value is -4.06. The van der Waals surface area contributed by atoms with Crippen LogP contribution in [-0.2, 0) is 18.0 Å². The van der Waals surface area contributed by atoms with Crippen molar-refractivity contribution in [3.8, 4) is 17.2 Å². The van der Waals surface area contributed by atoms with Crippen LogP contribution in [0.25, 0.3) is 10.9 Å². The molecular formula is C26H23NO5. The van der Waals surface area contributed by atoms with E-state index in [1.807, 2.05) is 60.7 Å². The summed E-state index contributed by atoms with van der Waals surface area (Å²) in [4.78, 5) is 16.3. The van der Waals surface area contributed by atoms with Gasteiger partial charge in [-0.1, -0.05) is 36.4 Å². The van der Waals surface area contributed by atoms with Crippen LogP contribution in [-0.4, -0.2) is 25.2 Å². The first-order valence-electron chi connectivity index (χ1n) is 10.1. The Labute approximate surface area is 186 Å². The minimum Gasteiger partial charge on any atom is -0.493 e. The second kappa shape index (κ2) is 9.83. The number of aromatic nitrogens is 1. The normalized spacial score (nSPS) is 10.6. The molecule has 162 valence electrons. The number of esters is 1. The van der Waals surface area contributed by atoms with Crippen LogP contribution in [0.5, 0.6) is 17.2 Å². The summed E-state index contributed by atoms with van der Waals surface area (Å²) in [6.45, 7) is 0.692. The molecule has 6 nitrogen and oxygen atoms in total. The molecule has 4 rings (SSSR count). The summed E-state index contributed by atoms with van der Waals surface area (Å²) in [6, 6.07) is 24.6. The quantitative estimate of drug-likeness (QED) is 0.359. The molecule has 1 aromatic heterocycles. The molecule has 1 heterocycles. The van der Waals surface area contributed by atoms with Crippen molar-refractivity contribution in [2.75, 3.05) is 14.2 Å². The first-order chi connectivity index (χ1) is 15.7. The maximum atomic E-state index is 11.7. The molecule has 0 fully saturated rings. The molecule has 0 saturated heterocycles. The minimum atomic E-state index is -0.430. The zero-order valence-electron chi connectivity index (χ0n) is 17.9. The number of pyridine rings is 1. The molecule has 4 aromatic rings. The number of hydrogen-bond donors (Lipinski definition) is 0. The van der Waals surface area contributed by atoms with E-state index in [0.717, 1.165) is 27.9 Å². The largest absolute Gasteiger partial charge is 0.493 e. The molecule has 0 bridgehead atoms. The Bertz CT molecular complexity index is 1240. The molecule has 0 amide bonds. The summed E-state index contributed by atoms with van der Waals surface area (Å²) in [5.74, 6) is 1.30. The highest BCUT2D eigenvalue weighted by atomic mass is 16.5. The van der Waals surface area contributed by atoms with Gasteiger partial charge in [-0.25, -0.2) is 9.78 Å². The van der Waals surface area contributed by atoms with Gasteiger partial charge in [0.05, 0.1) is 31.0 Å². The lowest BCUT2D eigenvalue weighted by atomic mass is 10.2. The van der Waals surface area contributed by atoms with E-state index in [0.29, 0.717) is 30.3 Å². The summed E-state index contributed by atoms with van der Waals surface area (Å²) in [6.07, 6.45) is 0. The van der Waals surface area contributed by atoms with Gasteiger partial charge in [-0.05, 0) is 48.0 Å². The molecule has 0 spiro atoms. The number of hydrogen-bond acceptors (Lipinski definition) is 6. The number of carbonyl (C=O) groups is 1. The lowest BCUT2D eigenvalue weighted by Crippen LogP contribution is -2.03. The van der Waals surface area contributed by atoms with Crippen LogP contribution in [0.3, 0.4) is 0 Å². The van der Waals surface area contributed by atoms with Gasteiger partial charge in [0.15, 0.2) is 11.5 Å². The molecule has 0 N–H and O–H groups in total. The van der Waals surface area contributed by atoms with Gasteiger partial charge in [0.25, 0.3) is 0 Å². The smallest absolute Gasteiger partial charge is 0.337 e. The van der Waals surface area contributed by atoms with Gasteiger partial charge >= 0.3 is 5.97 Å². The Morgan fingerprint density at radius 1 is 0.812 bits per heavy atom. The third-order valence-electron chi connectivity index (χ3n) is 4.92. The first-order valence-corrected chi connectivity index (χ1v) is 10.1. The average Bonchev–Trinajstić information content (AvgIpc) is 2.85. The predicted molar refractivity (Wildman–Crippen MR) is 121 cm³/mol. The first kappa shape index (κ1) is 21.2. The summed E-state index contributed by atoms with van der Waals surface area (Å²) < 4.78 is 21.9. The fourth-order valence-corrected chi connectivity index (χ4v) is 3.26. The van der Waals surface area contributed by atoms with Gasteiger partial charge in [-0.2, -0.15) is 0 Å². The number of methoxy groups -OCH3 is 2. The fraction of sp³-hybridized carbons (Fsp3) is 0.154. The third kappa shape index (κ3) is 4.98. The average molecular weight is 429 g/mol. The lowest BCUT2D eigenvalue weighted by Gasteiger charge is -2.13. The van der Waals surface area contributed by atoms with Crippen LogP contribution in [0.4, 0.5) is 0 Å². The van der Waals surface area contributed by atoms with Gasteiger partial charge in [0.1, 0.15) is 19.0 Å². The number of carbonyl (C=O) groups excluding carboxylic acids is 1. The molecule has 0 radical (unpaired) electrons. The topological polar surface area (TPSA) is 66.9 Å². The molecule has 0 atom stereocenters. The maximum Gasteiger partial charge on any atom is 0.337 e. The van der Waals surface area contributed by atoms with Gasteiger partial charge in [0, 0.05) is 5.39 Å². The van der Waals surface area contributed by atoms with E-state index in [-0.39, 0.29) is 0 Å². The van der Waals surface area contributed by atoms with E-state index in [4.69, 9.17) is 18.9 Å². The molecule has 0 unspecified atom stereocenters. The van der Waals surface area contributed by atoms with Crippen molar-refractivity contribution in [2.24, 2.45) is 0 Å². The van der Waals surface area contributed by atoms with Crippen molar-refractivity contribution >= 4 is 16.9 Å². The second-order valence-corrected chi connectivity index (χ2v) is 7.08. The standard InChI is InChI=1S/C26H23NO5/c1-29-25-15-20(26(28)30-2)11-13-24(25)32-16-18-6-5-8-22(14-18)31-17-21-12-10-19-7-3-4-9-23(19)27-21/h3-15H,16-17H2,1-2H3. The van der Waals surface area contributed by atoms with Gasteiger partial charge in [-0.3, -0.25) is 0 Å². The van der Waals surface area contributed by atoms with E-state index in [9.17, 15) is 4.79 Å². The molecule has 0 aliphatic heterocycles. The SMILES string of the molecule is COC(=O)c1ccc(OCc2cccc(OCc3ccc4ccccc4n3)c2)c(OC)c1. The van der Waals surface area contributed by atoms with Crippen LogP contribution in [0, 0.1) is 0 Å². The van der Waals surface area contributed by atoms with E-state index >= 15 is 0 Å². The van der Waals surface area contributed by atoms with Gasteiger partial charge in [0.2, 0.25) is 0 Å². The molecular weight excluding hydrogens is 406 g/mol. The molecule has 32 heavy (non-hydrogen) atoms. The molecule has 6 heteroatoms. The van der Waals surface area contributed by atoms with Crippen molar-refractivity contribution in [3.63, 3.8) is 0 Å². The number of fused-ring (bicyclic) bond motifs is 1. The Kier molecular flexibility index (Phi) is 6.51. The van der Waals surface area contributed by atoms with E-state index in [1.165, 1.54) is 14.2 Å². The number of rotatable bonds is 8. The van der Waals surface area contributed by atoms with E-state index in [1.54, 1.807) is 18.2 Å². The Balaban J connectivity index is 1.40. The van der Waals surface area contributed by atoms with Gasteiger partial charge < -0.3 is 18.9 Å². The van der Waals surface area contributed by atoms with Crippen molar-refractivity contribution < 1.29 is 23.7 Å². The van der Waals surface area contributed by atoms with Crippen molar-refractivity contribution in [2.45, 2.75) is 13.2 Å². The zero-order chi connectivity index (χ0) is 22.3. The zero-order valence-corrected chi connectivity index (χ0v) is 17.9. The molecule has 0 aliphatic carbocycles. The summed E-state index contributed by atoms with van der Waals surface area (Å²) in [7, 11) is 2.86. The van der Waals surface area contributed by atoms with E-state index in [2.05, 4.69) is 4.98 Å². The lowest BCUT2D eigenvalue weighted by molar-refractivity contribution is 0.0600. The molecule has 0 saturated carbocycles. The van der Waals surface area contributed by atoms with Crippen LogP contribution >= 0.6 is 0 Å². The van der Waals surface area contributed by atoms with Gasteiger partial charge in [-0.15, -0.1) is 0 Å². The van der Waals surface area contributed by atoms with Crippen molar-refractivity contribution in [1.82, 2.24) is 4.98 Å². The van der Waals surface area contributed by atoms with Crippen LogP contribution in [0.2, 0.25) is 0 Å². The Morgan fingerprint density at radius 2 is 1.69 bits per heavy atom. The maximum absolute atomic E-state index is 11.7. The van der Waals surface area contributed by atoms with Crippen LogP contribution in [0.15, 0.2) is 78.9 Å². The predicted octanol–water partition coefficient (Wildman–Crippen LogP) is 5.19. The summed E-state index contributed by atoms with van der Waals surface area (Å²) in [5.41, 5.74) is 3.14. The third-order valence-corrected chi connectivity index (χ3v) is 4.92. The fourth-order valence-electron chi connectivity index (χ4n) is 3.26. The van der Waals surface area contributed by atoms with Crippen molar-refractivity contribution in [3.05, 3.63) is 95.7 Å². The molecule has 3 aromatic carbocycles. The van der Waals surface area contributed by atoms with Crippen LogP contribution in [0.1, 0.15) is 21.6 Å². The summed E-state index contributed by atoms with van der Waals surface area (Å²) in [5, 5.41) is 1.10.